The molecule has 0 aliphatic carbocycles. The summed E-state index contributed by atoms with van der Waals surface area (Å²) in [7, 11) is -3.31. The highest BCUT2D eigenvalue weighted by Crippen LogP contribution is 2.13. The minimum Gasteiger partial charge on any atom is -0.370 e. The van der Waals surface area contributed by atoms with Crippen LogP contribution in [0.5, 0.6) is 0 Å². The third-order valence-electron chi connectivity index (χ3n) is 2.15. The molecule has 1 aromatic heterocycles. The van der Waals surface area contributed by atoms with Crippen LogP contribution in [0.1, 0.15) is 26.5 Å². The number of aromatic nitrogens is 1. The van der Waals surface area contributed by atoms with Crippen molar-refractivity contribution in [3.63, 3.8) is 0 Å². The Morgan fingerprint density at radius 1 is 1.47 bits per heavy atom. The Bertz CT molecular complexity index is 574. The van der Waals surface area contributed by atoms with Gasteiger partial charge in [-0.25, -0.2) is 13.4 Å². The molecule has 7 heteroatoms. The number of rotatable bonds is 3. The third-order valence-corrected chi connectivity index (χ3v) is 3.32. The van der Waals surface area contributed by atoms with Gasteiger partial charge in [-0.15, -0.1) is 0 Å². The molecule has 0 bridgehead atoms. The number of hydrogen-bond acceptors (Lipinski definition) is 4. The summed E-state index contributed by atoms with van der Waals surface area (Å²) in [5.41, 5.74) is 5.92. The van der Waals surface area contributed by atoms with E-state index in [-0.39, 0.29) is 22.9 Å². The molecule has 0 saturated carbocycles. The van der Waals surface area contributed by atoms with E-state index in [1.165, 1.54) is 12.3 Å². The fraction of sp³-hybridized carbons (Fsp3) is 0.500. The molecule has 0 fully saturated rings. The van der Waals surface area contributed by atoms with Crippen LogP contribution in [0.4, 0.5) is 0 Å². The zero-order valence-corrected chi connectivity index (χ0v) is 12.5. The molecule has 0 aliphatic heterocycles. The van der Waals surface area contributed by atoms with Crippen LogP contribution in [0, 0.1) is 0 Å². The molecule has 0 saturated heterocycles. The second-order valence-electron chi connectivity index (χ2n) is 5.30. The van der Waals surface area contributed by atoms with Gasteiger partial charge < -0.3 is 11.1 Å². The molecule has 0 radical (unpaired) electrons. The summed E-state index contributed by atoms with van der Waals surface area (Å²) in [6.07, 6.45) is 2.68. The molecule has 0 atom stereocenters. The van der Waals surface area contributed by atoms with Gasteiger partial charge in [-0.05, 0) is 32.9 Å². The SMILES string of the molecule is CC(C)(C)NC(N)=NCc1ncccc1S(C)(=O)=O. The third kappa shape index (κ3) is 5.25. The average Bonchev–Trinajstić information content (AvgIpc) is 2.23. The van der Waals surface area contributed by atoms with E-state index in [0.717, 1.165) is 6.26 Å². The number of nitrogens with one attached hydrogen (secondary N) is 1. The lowest BCUT2D eigenvalue weighted by Crippen LogP contribution is -2.45. The molecule has 0 spiro atoms. The maximum atomic E-state index is 11.6. The van der Waals surface area contributed by atoms with E-state index in [2.05, 4.69) is 15.3 Å². The van der Waals surface area contributed by atoms with Crippen molar-refractivity contribution in [2.45, 2.75) is 37.8 Å². The van der Waals surface area contributed by atoms with Crippen LogP contribution in [0.15, 0.2) is 28.2 Å². The van der Waals surface area contributed by atoms with Crippen LogP contribution in [0.2, 0.25) is 0 Å². The Kier molecular flexibility index (Phi) is 4.52. The first-order chi connectivity index (χ1) is 8.59. The van der Waals surface area contributed by atoms with Crippen molar-refractivity contribution in [2.24, 2.45) is 10.7 Å². The minimum absolute atomic E-state index is 0.123. The maximum absolute atomic E-state index is 11.6. The topological polar surface area (TPSA) is 97.4 Å². The highest BCUT2D eigenvalue weighted by Gasteiger charge is 2.14. The number of sulfone groups is 1. The van der Waals surface area contributed by atoms with Crippen molar-refractivity contribution in [3.05, 3.63) is 24.0 Å². The molecule has 3 N–H and O–H groups in total. The summed E-state index contributed by atoms with van der Waals surface area (Å²) in [6.45, 7) is 5.99. The van der Waals surface area contributed by atoms with Gasteiger partial charge in [0.1, 0.15) is 0 Å². The van der Waals surface area contributed by atoms with E-state index < -0.39 is 9.84 Å². The first kappa shape index (κ1) is 15.4. The lowest BCUT2D eigenvalue weighted by Gasteiger charge is -2.21. The van der Waals surface area contributed by atoms with Crippen molar-refractivity contribution in [1.82, 2.24) is 10.3 Å². The zero-order valence-electron chi connectivity index (χ0n) is 11.6. The fourth-order valence-corrected chi connectivity index (χ4v) is 2.33. The van der Waals surface area contributed by atoms with E-state index in [0.29, 0.717) is 5.69 Å². The van der Waals surface area contributed by atoms with Crippen molar-refractivity contribution in [1.29, 1.82) is 0 Å². The Morgan fingerprint density at radius 3 is 2.63 bits per heavy atom. The molecule has 0 aromatic carbocycles. The van der Waals surface area contributed by atoms with Crippen LogP contribution in [-0.4, -0.2) is 31.2 Å². The van der Waals surface area contributed by atoms with Gasteiger partial charge >= 0.3 is 0 Å². The molecular formula is C12H20N4O2S. The van der Waals surface area contributed by atoms with Crippen molar-refractivity contribution < 1.29 is 8.42 Å². The summed E-state index contributed by atoms with van der Waals surface area (Å²) in [5.74, 6) is 0.262. The molecular weight excluding hydrogens is 264 g/mol. The normalized spacial score (nSPS) is 13.4. The lowest BCUT2D eigenvalue weighted by molar-refractivity contribution is 0.508. The number of pyridine rings is 1. The van der Waals surface area contributed by atoms with E-state index in [1.807, 2.05) is 20.8 Å². The summed E-state index contributed by atoms with van der Waals surface area (Å²) in [4.78, 5) is 8.34. The van der Waals surface area contributed by atoms with Crippen LogP contribution < -0.4 is 11.1 Å². The molecule has 1 aromatic rings. The van der Waals surface area contributed by atoms with Gasteiger partial charge in [0.05, 0.1) is 17.1 Å². The number of hydrogen-bond donors (Lipinski definition) is 2. The van der Waals surface area contributed by atoms with Gasteiger partial charge in [0.15, 0.2) is 15.8 Å². The average molecular weight is 284 g/mol. The van der Waals surface area contributed by atoms with E-state index in [9.17, 15) is 8.42 Å². The molecule has 1 rings (SSSR count). The number of aliphatic imine (C=N–C) groups is 1. The Labute approximate surface area is 114 Å². The number of nitrogens with zero attached hydrogens (tertiary/aromatic N) is 2. The second-order valence-corrected chi connectivity index (χ2v) is 7.28. The first-order valence-electron chi connectivity index (χ1n) is 5.81. The van der Waals surface area contributed by atoms with Crippen molar-refractivity contribution >= 4 is 15.8 Å². The predicted octanol–water partition coefficient (Wildman–Crippen LogP) is 0.688. The number of nitrogens with two attached hydrogens (primary N) is 1. The standard InChI is InChI=1S/C12H20N4O2S/c1-12(2,3)16-11(13)15-8-9-10(19(4,17)18)6-5-7-14-9/h5-7H,8H2,1-4H3,(H3,13,15,16). The van der Waals surface area contributed by atoms with Gasteiger partial charge in [0, 0.05) is 18.0 Å². The summed E-state index contributed by atoms with van der Waals surface area (Å²) in [5, 5.41) is 3.00. The molecule has 6 nitrogen and oxygen atoms in total. The Balaban J connectivity index is 2.93. The fourth-order valence-electron chi connectivity index (χ4n) is 1.46. The number of guanidine groups is 1. The molecule has 106 valence electrons. The van der Waals surface area contributed by atoms with Crippen LogP contribution in [0.25, 0.3) is 0 Å². The Hall–Kier alpha value is -1.63. The predicted molar refractivity (Wildman–Crippen MR) is 75.6 cm³/mol. The smallest absolute Gasteiger partial charge is 0.189 e. The van der Waals surface area contributed by atoms with E-state index in [4.69, 9.17) is 5.73 Å². The van der Waals surface area contributed by atoms with E-state index in [1.54, 1.807) is 6.07 Å². The maximum Gasteiger partial charge on any atom is 0.189 e. The quantitative estimate of drug-likeness (QED) is 0.628. The summed E-state index contributed by atoms with van der Waals surface area (Å²) < 4.78 is 23.2. The molecule has 0 unspecified atom stereocenters. The summed E-state index contributed by atoms with van der Waals surface area (Å²) in [6, 6.07) is 3.10. The Morgan fingerprint density at radius 2 is 2.11 bits per heavy atom. The molecule has 0 aliphatic rings. The van der Waals surface area contributed by atoms with Gasteiger partial charge in [-0.2, -0.15) is 0 Å². The highest BCUT2D eigenvalue weighted by molar-refractivity contribution is 7.90. The van der Waals surface area contributed by atoms with Crippen LogP contribution >= 0.6 is 0 Å². The second kappa shape index (κ2) is 5.56. The van der Waals surface area contributed by atoms with Gasteiger partial charge in [-0.1, -0.05) is 0 Å². The largest absolute Gasteiger partial charge is 0.370 e. The van der Waals surface area contributed by atoms with Gasteiger partial charge in [0.25, 0.3) is 0 Å². The van der Waals surface area contributed by atoms with Gasteiger partial charge in [-0.3, -0.25) is 4.98 Å². The highest BCUT2D eigenvalue weighted by atomic mass is 32.2. The van der Waals surface area contributed by atoms with Crippen molar-refractivity contribution in [2.75, 3.05) is 6.26 Å². The monoisotopic (exact) mass is 284 g/mol. The lowest BCUT2D eigenvalue weighted by atomic mass is 10.1. The van der Waals surface area contributed by atoms with Crippen LogP contribution in [-0.2, 0) is 16.4 Å². The first-order valence-corrected chi connectivity index (χ1v) is 7.71. The van der Waals surface area contributed by atoms with Crippen LogP contribution in [0.3, 0.4) is 0 Å². The van der Waals surface area contributed by atoms with E-state index >= 15 is 0 Å². The molecule has 0 amide bonds. The van der Waals surface area contributed by atoms with Crippen molar-refractivity contribution in [3.8, 4) is 0 Å². The minimum atomic E-state index is -3.31. The molecule has 19 heavy (non-hydrogen) atoms. The molecule has 1 heterocycles. The van der Waals surface area contributed by atoms with Gasteiger partial charge in [0.2, 0.25) is 0 Å². The summed E-state index contributed by atoms with van der Waals surface area (Å²) >= 11 is 0. The zero-order chi connectivity index (χ0) is 14.7.